The minimum absolute atomic E-state index is 0.121. The molecule has 2 aromatic rings. The summed E-state index contributed by atoms with van der Waals surface area (Å²) in [5.74, 6) is 0.121. The van der Waals surface area contributed by atoms with Gasteiger partial charge >= 0.3 is 0 Å². The molecule has 2 heterocycles. The third-order valence-corrected chi connectivity index (χ3v) is 8.21. The molecule has 3 aliphatic rings. The Kier molecular flexibility index (Phi) is 5.61. The number of nitrogens with zero attached hydrogens (tertiary/aromatic N) is 3. The van der Waals surface area contributed by atoms with Gasteiger partial charge in [-0.25, -0.2) is 4.99 Å². The SMILES string of the molecule is CCN1/C(=C2/SC(=Nc3ccccc3)N(C3CCCCC3)C2=O)Sc2ccccc21. The standard InChI is InChI=1S/C24H25N3OS2/c1-2-26-19-15-9-10-16-20(19)29-23(26)21-22(28)27(18-13-7-4-8-14-18)24(30-21)25-17-11-5-3-6-12-17/h3,5-6,9-12,15-16,18H,2,4,7-8,13-14H2,1H3/b23-21-,25-24?. The molecule has 1 amide bonds. The molecule has 1 saturated heterocycles. The predicted octanol–water partition coefficient (Wildman–Crippen LogP) is 6.38. The van der Waals surface area contributed by atoms with Gasteiger partial charge in [0, 0.05) is 17.5 Å². The number of carbonyl (C=O) groups excluding carboxylic acids is 1. The fraction of sp³-hybridized carbons (Fsp3) is 0.333. The van der Waals surface area contributed by atoms with Gasteiger partial charge in [0.2, 0.25) is 0 Å². The van der Waals surface area contributed by atoms with Gasteiger partial charge in [-0.2, -0.15) is 0 Å². The summed E-state index contributed by atoms with van der Waals surface area (Å²) in [6, 6.07) is 18.6. The van der Waals surface area contributed by atoms with Crippen LogP contribution in [0.3, 0.4) is 0 Å². The summed E-state index contributed by atoms with van der Waals surface area (Å²) in [6.45, 7) is 2.98. The summed E-state index contributed by atoms with van der Waals surface area (Å²) in [5, 5.41) is 1.88. The number of benzene rings is 2. The number of hydrogen-bond acceptors (Lipinski definition) is 5. The summed E-state index contributed by atoms with van der Waals surface area (Å²) in [5.41, 5.74) is 2.09. The van der Waals surface area contributed by atoms with Gasteiger partial charge in [0.05, 0.1) is 11.4 Å². The average Bonchev–Trinajstić information content (AvgIpc) is 3.32. The highest BCUT2D eigenvalue weighted by Crippen LogP contribution is 2.51. The van der Waals surface area contributed by atoms with Crippen molar-refractivity contribution in [1.29, 1.82) is 0 Å². The number of aliphatic imine (C=N–C) groups is 1. The second-order valence-corrected chi connectivity index (χ2v) is 9.76. The zero-order valence-corrected chi connectivity index (χ0v) is 18.7. The molecule has 2 fully saturated rings. The molecule has 0 spiro atoms. The number of hydrogen-bond donors (Lipinski definition) is 0. The number of anilines is 1. The molecule has 0 atom stereocenters. The molecule has 6 heteroatoms. The molecule has 0 bridgehead atoms. The normalized spacial score (nSPS) is 23.5. The second kappa shape index (κ2) is 8.52. The van der Waals surface area contributed by atoms with E-state index in [4.69, 9.17) is 4.99 Å². The van der Waals surface area contributed by atoms with Crippen LogP contribution in [0.2, 0.25) is 0 Å². The first-order valence-electron chi connectivity index (χ1n) is 10.7. The van der Waals surface area contributed by atoms with E-state index in [-0.39, 0.29) is 11.9 Å². The Labute approximate surface area is 186 Å². The van der Waals surface area contributed by atoms with Crippen LogP contribution < -0.4 is 4.90 Å². The lowest BCUT2D eigenvalue weighted by Crippen LogP contribution is -2.40. The predicted molar refractivity (Wildman–Crippen MR) is 127 cm³/mol. The Hall–Kier alpha value is -2.18. The Bertz CT molecular complexity index is 1010. The third kappa shape index (κ3) is 3.56. The van der Waals surface area contributed by atoms with Gasteiger partial charge in [-0.15, -0.1) is 0 Å². The summed E-state index contributed by atoms with van der Waals surface area (Å²) in [7, 11) is 0. The van der Waals surface area contributed by atoms with E-state index in [0.29, 0.717) is 0 Å². The number of thioether (sulfide) groups is 2. The molecule has 2 aliphatic heterocycles. The lowest BCUT2D eigenvalue weighted by molar-refractivity contribution is -0.124. The van der Waals surface area contributed by atoms with Gasteiger partial charge in [0.25, 0.3) is 5.91 Å². The van der Waals surface area contributed by atoms with Gasteiger partial charge in [-0.05, 0) is 55.8 Å². The highest BCUT2D eigenvalue weighted by molar-refractivity contribution is 8.19. The van der Waals surface area contributed by atoms with Crippen molar-refractivity contribution in [3.63, 3.8) is 0 Å². The quantitative estimate of drug-likeness (QED) is 0.524. The lowest BCUT2D eigenvalue weighted by atomic mass is 9.94. The molecule has 1 saturated carbocycles. The van der Waals surface area contributed by atoms with Crippen LogP contribution in [0.5, 0.6) is 0 Å². The highest BCUT2D eigenvalue weighted by atomic mass is 32.2. The molecule has 5 rings (SSSR count). The number of amides is 1. The van der Waals surface area contributed by atoms with E-state index in [2.05, 4.69) is 36.1 Å². The highest BCUT2D eigenvalue weighted by Gasteiger charge is 2.42. The van der Waals surface area contributed by atoms with Crippen LogP contribution in [-0.4, -0.2) is 28.6 Å². The van der Waals surface area contributed by atoms with Gasteiger partial charge < -0.3 is 4.90 Å². The van der Waals surface area contributed by atoms with Crippen molar-refractivity contribution in [2.75, 3.05) is 11.4 Å². The van der Waals surface area contributed by atoms with E-state index >= 15 is 0 Å². The first-order valence-corrected chi connectivity index (χ1v) is 12.3. The monoisotopic (exact) mass is 435 g/mol. The molecule has 4 nitrogen and oxygen atoms in total. The van der Waals surface area contributed by atoms with E-state index in [1.807, 2.05) is 35.2 Å². The van der Waals surface area contributed by atoms with Gasteiger partial charge in [0.1, 0.15) is 9.93 Å². The first-order chi connectivity index (χ1) is 14.8. The Morgan fingerprint density at radius 2 is 1.70 bits per heavy atom. The lowest BCUT2D eigenvalue weighted by Gasteiger charge is -2.30. The van der Waals surface area contributed by atoms with Crippen molar-refractivity contribution >= 4 is 46.0 Å². The largest absolute Gasteiger partial charge is 0.334 e. The molecule has 1 aliphatic carbocycles. The van der Waals surface area contributed by atoms with Crippen molar-refractivity contribution in [2.45, 2.75) is 50.0 Å². The van der Waals surface area contributed by atoms with Crippen molar-refractivity contribution in [2.24, 2.45) is 4.99 Å². The molecule has 154 valence electrons. The molecular weight excluding hydrogens is 410 g/mol. The number of fused-ring (bicyclic) bond motifs is 1. The van der Waals surface area contributed by atoms with E-state index < -0.39 is 0 Å². The van der Waals surface area contributed by atoms with Crippen LogP contribution in [0.4, 0.5) is 11.4 Å². The van der Waals surface area contributed by atoms with Gasteiger partial charge in [-0.1, -0.05) is 61.4 Å². The smallest absolute Gasteiger partial charge is 0.269 e. The molecule has 0 radical (unpaired) electrons. The maximum absolute atomic E-state index is 13.7. The van der Waals surface area contributed by atoms with Crippen molar-refractivity contribution in [1.82, 2.24) is 4.90 Å². The molecule has 30 heavy (non-hydrogen) atoms. The van der Waals surface area contributed by atoms with Gasteiger partial charge in [-0.3, -0.25) is 9.69 Å². The van der Waals surface area contributed by atoms with Crippen molar-refractivity contribution in [3.8, 4) is 0 Å². The molecule has 2 aromatic carbocycles. The van der Waals surface area contributed by atoms with E-state index in [1.165, 1.54) is 29.8 Å². The molecule has 0 unspecified atom stereocenters. The fourth-order valence-corrected chi connectivity index (χ4v) is 6.84. The van der Waals surface area contributed by atoms with Crippen LogP contribution in [0.15, 0.2) is 74.4 Å². The van der Waals surface area contributed by atoms with Crippen LogP contribution in [-0.2, 0) is 4.79 Å². The fourth-order valence-electron chi connectivity index (χ4n) is 4.38. The number of rotatable bonds is 3. The Morgan fingerprint density at radius 3 is 2.47 bits per heavy atom. The maximum atomic E-state index is 13.7. The number of para-hydroxylation sites is 2. The average molecular weight is 436 g/mol. The third-order valence-electron chi connectivity index (χ3n) is 5.85. The maximum Gasteiger partial charge on any atom is 0.269 e. The molecule has 0 N–H and O–H groups in total. The topological polar surface area (TPSA) is 35.9 Å². The summed E-state index contributed by atoms with van der Waals surface area (Å²) in [4.78, 5) is 24.9. The zero-order chi connectivity index (χ0) is 20.5. The minimum Gasteiger partial charge on any atom is -0.334 e. The summed E-state index contributed by atoms with van der Waals surface area (Å²) < 4.78 is 0. The Morgan fingerprint density at radius 1 is 0.967 bits per heavy atom. The van der Waals surface area contributed by atoms with Crippen LogP contribution in [0.25, 0.3) is 0 Å². The van der Waals surface area contributed by atoms with Crippen molar-refractivity contribution < 1.29 is 4.79 Å². The van der Waals surface area contributed by atoms with E-state index in [1.54, 1.807) is 23.5 Å². The number of carbonyl (C=O) groups is 1. The van der Waals surface area contributed by atoms with Crippen LogP contribution in [0, 0.1) is 0 Å². The second-order valence-electron chi connectivity index (χ2n) is 7.75. The number of amidine groups is 1. The Balaban J connectivity index is 1.57. The first kappa shape index (κ1) is 19.8. The van der Waals surface area contributed by atoms with Crippen LogP contribution in [0.1, 0.15) is 39.0 Å². The van der Waals surface area contributed by atoms with Gasteiger partial charge in [0.15, 0.2) is 5.17 Å². The van der Waals surface area contributed by atoms with Crippen molar-refractivity contribution in [3.05, 3.63) is 64.5 Å². The van der Waals surface area contributed by atoms with E-state index in [0.717, 1.165) is 40.2 Å². The van der Waals surface area contributed by atoms with E-state index in [9.17, 15) is 4.79 Å². The summed E-state index contributed by atoms with van der Waals surface area (Å²) in [6.07, 6.45) is 5.76. The minimum atomic E-state index is 0.121. The molecular formula is C24H25N3OS2. The molecule has 0 aromatic heterocycles. The van der Waals surface area contributed by atoms with Crippen LogP contribution >= 0.6 is 23.5 Å². The zero-order valence-electron chi connectivity index (χ0n) is 17.1. The summed E-state index contributed by atoms with van der Waals surface area (Å²) >= 11 is 3.25.